The van der Waals surface area contributed by atoms with Gasteiger partial charge in [0.1, 0.15) is 12.2 Å². The van der Waals surface area contributed by atoms with E-state index in [1.165, 1.54) is 11.8 Å². The first-order valence-corrected chi connectivity index (χ1v) is 5.50. The second-order valence-corrected chi connectivity index (χ2v) is 4.31. The van der Waals surface area contributed by atoms with Crippen molar-refractivity contribution in [2.45, 2.75) is 23.5 Å². The van der Waals surface area contributed by atoms with Gasteiger partial charge in [0.15, 0.2) is 0 Å². The van der Waals surface area contributed by atoms with Gasteiger partial charge in [-0.25, -0.2) is 4.68 Å². The number of aliphatic hydroxyl groups is 2. The van der Waals surface area contributed by atoms with Crippen LogP contribution in [-0.4, -0.2) is 61.1 Å². The van der Waals surface area contributed by atoms with Crippen LogP contribution in [0.25, 0.3) is 0 Å². The molecule has 2 N–H and O–H groups in total. The Kier molecular flexibility index (Phi) is 3.19. The zero-order valence-corrected chi connectivity index (χ0v) is 8.96. The maximum Gasteiger partial charge on any atom is 0.209 e. The fourth-order valence-electron chi connectivity index (χ4n) is 1.31. The van der Waals surface area contributed by atoms with E-state index in [1.807, 2.05) is 0 Å². The molecular weight excluding hydrogens is 220 g/mol. The third kappa shape index (κ3) is 2.28. The van der Waals surface area contributed by atoms with Gasteiger partial charge in [0.2, 0.25) is 5.16 Å². The number of aryl methyl sites for hydroxylation is 1. The molecule has 84 valence electrons. The Bertz CT molecular complexity index is 334. The number of aliphatic hydroxyl groups excluding tert-OH is 2. The lowest BCUT2D eigenvalue weighted by molar-refractivity contribution is 0.0337. The van der Waals surface area contributed by atoms with E-state index in [9.17, 15) is 10.2 Å². The van der Waals surface area contributed by atoms with Crippen LogP contribution in [0.1, 0.15) is 0 Å². The normalized spacial score (nSPS) is 31.0. The molecule has 1 saturated heterocycles. The molecule has 3 atom stereocenters. The van der Waals surface area contributed by atoms with Crippen molar-refractivity contribution in [1.29, 1.82) is 0 Å². The fraction of sp³-hybridized carbons (Fsp3) is 0.857. The molecule has 2 heterocycles. The van der Waals surface area contributed by atoms with Gasteiger partial charge in [-0.1, -0.05) is 11.8 Å². The predicted molar refractivity (Wildman–Crippen MR) is 51.3 cm³/mol. The van der Waals surface area contributed by atoms with Crippen LogP contribution in [0.15, 0.2) is 5.16 Å². The number of ether oxygens (including phenoxy) is 1. The highest BCUT2D eigenvalue weighted by molar-refractivity contribution is 7.99. The predicted octanol–water partition coefficient (Wildman–Crippen LogP) is -1.58. The highest BCUT2D eigenvalue weighted by Gasteiger charge is 2.34. The lowest BCUT2D eigenvalue weighted by atomic mass is 10.2. The van der Waals surface area contributed by atoms with Gasteiger partial charge in [-0.2, -0.15) is 0 Å². The molecule has 7 nitrogen and oxygen atoms in total. The second-order valence-electron chi connectivity index (χ2n) is 3.33. The van der Waals surface area contributed by atoms with Gasteiger partial charge in [0, 0.05) is 12.8 Å². The Morgan fingerprint density at radius 3 is 2.93 bits per heavy atom. The van der Waals surface area contributed by atoms with Crippen molar-refractivity contribution in [2.75, 3.05) is 12.4 Å². The number of rotatable bonds is 3. The van der Waals surface area contributed by atoms with E-state index in [-0.39, 0.29) is 12.7 Å². The molecule has 1 aliphatic rings. The molecule has 0 aromatic carbocycles. The Hall–Kier alpha value is -0.700. The van der Waals surface area contributed by atoms with Crippen LogP contribution in [0.2, 0.25) is 0 Å². The molecule has 0 saturated carbocycles. The van der Waals surface area contributed by atoms with Crippen molar-refractivity contribution in [3.8, 4) is 0 Å². The van der Waals surface area contributed by atoms with Crippen LogP contribution < -0.4 is 0 Å². The van der Waals surface area contributed by atoms with E-state index in [2.05, 4.69) is 15.5 Å². The first-order chi connectivity index (χ1) is 7.18. The van der Waals surface area contributed by atoms with Crippen LogP contribution in [0.3, 0.4) is 0 Å². The molecule has 0 spiro atoms. The Balaban J connectivity index is 1.86. The number of tetrazole rings is 1. The molecule has 1 aromatic heterocycles. The van der Waals surface area contributed by atoms with Gasteiger partial charge in [-0.15, -0.1) is 5.10 Å². The SMILES string of the molecule is Cn1nnnc1SCC1OCC(O)C1O. The minimum Gasteiger partial charge on any atom is -0.388 e. The first kappa shape index (κ1) is 10.8. The second kappa shape index (κ2) is 4.44. The minimum atomic E-state index is -0.821. The average molecular weight is 232 g/mol. The monoisotopic (exact) mass is 232 g/mol. The van der Waals surface area contributed by atoms with Crippen molar-refractivity contribution >= 4 is 11.8 Å². The van der Waals surface area contributed by atoms with Crippen LogP contribution in [-0.2, 0) is 11.8 Å². The Morgan fingerprint density at radius 2 is 2.40 bits per heavy atom. The maximum absolute atomic E-state index is 9.51. The summed E-state index contributed by atoms with van der Waals surface area (Å²) >= 11 is 1.39. The largest absolute Gasteiger partial charge is 0.388 e. The third-order valence-electron chi connectivity index (χ3n) is 2.21. The summed E-state index contributed by atoms with van der Waals surface area (Å²) in [4.78, 5) is 0. The summed E-state index contributed by atoms with van der Waals surface area (Å²) in [5.74, 6) is 0.520. The summed E-state index contributed by atoms with van der Waals surface area (Å²) in [5.41, 5.74) is 0. The van der Waals surface area contributed by atoms with Crippen LogP contribution in [0.4, 0.5) is 0 Å². The van der Waals surface area contributed by atoms with Crippen molar-refractivity contribution in [3.63, 3.8) is 0 Å². The number of hydrogen-bond acceptors (Lipinski definition) is 7. The molecule has 15 heavy (non-hydrogen) atoms. The number of thioether (sulfide) groups is 1. The first-order valence-electron chi connectivity index (χ1n) is 4.51. The van der Waals surface area contributed by atoms with Gasteiger partial charge in [-0.3, -0.25) is 0 Å². The molecule has 3 unspecified atom stereocenters. The zero-order valence-electron chi connectivity index (χ0n) is 8.15. The summed E-state index contributed by atoms with van der Waals surface area (Å²) in [5, 5.41) is 30.4. The summed E-state index contributed by atoms with van der Waals surface area (Å²) in [6.45, 7) is 0.184. The standard InChI is InChI=1S/C7H12N4O3S/c1-11-7(8-9-10-11)15-3-5-6(13)4(12)2-14-5/h4-6,12-13H,2-3H2,1H3. The quantitative estimate of drug-likeness (QED) is 0.608. The van der Waals surface area contributed by atoms with Crippen LogP contribution in [0, 0.1) is 0 Å². The molecule has 0 bridgehead atoms. The highest BCUT2D eigenvalue weighted by Crippen LogP contribution is 2.22. The molecule has 0 aliphatic carbocycles. The van der Waals surface area contributed by atoms with Gasteiger partial charge < -0.3 is 14.9 Å². The summed E-state index contributed by atoms with van der Waals surface area (Å²) < 4.78 is 6.76. The minimum absolute atomic E-state index is 0.184. The van der Waals surface area contributed by atoms with Crippen LogP contribution in [0.5, 0.6) is 0 Å². The average Bonchev–Trinajstić information content (AvgIpc) is 2.74. The zero-order chi connectivity index (χ0) is 10.8. The number of hydrogen-bond donors (Lipinski definition) is 2. The van der Waals surface area contributed by atoms with E-state index in [1.54, 1.807) is 11.7 Å². The smallest absolute Gasteiger partial charge is 0.209 e. The molecular formula is C7H12N4O3S. The lowest BCUT2D eigenvalue weighted by Crippen LogP contribution is -2.31. The molecule has 2 rings (SSSR count). The molecule has 1 fully saturated rings. The Morgan fingerprint density at radius 1 is 1.60 bits per heavy atom. The molecule has 0 radical (unpaired) electrons. The number of aromatic nitrogens is 4. The van der Waals surface area contributed by atoms with Gasteiger partial charge in [0.05, 0.1) is 12.7 Å². The van der Waals surface area contributed by atoms with Crippen molar-refractivity contribution < 1.29 is 14.9 Å². The van der Waals surface area contributed by atoms with Crippen molar-refractivity contribution in [2.24, 2.45) is 7.05 Å². The molecule has 1 aliphatic heterocycles. The van der Waals surface area contributed by atoms with E-state index < -0.39 is 12.2 Å². The maximum atomic E-state index is 9.51. The highest BCUT2D eigenvalue weighted by atomic mass is 32.2. The Labute approximate surface area is 90.4 Å². The topological polar surface area (TPSA) is 93.3 Å². The number of nitrogens with zero attached hydrogens (tertiary/aromatic N) is 4. The summed E-state index contributed by atoms with van der Waals surface area (Å²) in [6, 6.07) is 0. The van der Waals surface area contributed by atoms with Gasteiger partial charge in [0.25, 0.3) is 0 Å². The van der Waals surface area contributed by atoms with Gasteiger partial charge >= 0.3 is 0 Å². The van der Waals surface area contributed by atoms with Crippen molar-refractivity contribution in [1.82, 2.24) is 20.2 Å². The van der Waals surface area contributed by atoms with Crippen LogP contribution >= 0.6 is 11.8 Å². The van der Waals surface area contributed by atoms with E-state index >= 15 is 0 Å². The van der Waals surface area contributed by atoms with E-state index in [0.29, 0.717) is 10.9 Å². The lowest BCUT2D eigenvalue weighted by Gasteiger charge is -2.13. The van der Waals surface area contributed by atoms with E-state index in [0.717, 1.165) is 0 Å². The van der Waals surface area contributed by atoms with E-state index in [4.69, 9.17) is 4.74 Å². The molecule has 0 amide bonds. The summed E-state index contributed by atoms with van der Waals surface area (Å²) in [7, 11) is 1.74. The molecule has 1 aromatic rings. The van der Waals surface area contributed by atoms with Gasteiger partial charge in [-0.05, 0) is 10.4 Å². The molecule has 8 heteroatoms. The summed E-state index contributed by atoms with van der Waals surface area (Å²) in [6.07, 6.45) is -1.96. The fourth-order valence-corrected chi connectivity index (χ4v) is 2.24. The third-order valence-corrected chi connectivity index (χ3v) is 3.31. The van der Waals surface area contributed by atoms with Crippen molar-refractivity contribution in [3.05, 3.63) is 0 Å².